The van der Waals surface area contributed by atoms with E-state index in [4.69, 9.17) is 9.47 Å². The van der Waals surface area contributed by atoms with Crippen molar-refractivity contribution in [1.29, 1.82) is 0 Å². The van der Waals surface area contributed by atoms with Crippen LogP contribution in [-0.4, -0.2) is 80.5 Å². The summed E-state index contributed by atoms with van der Waals surface area (Å²) >= 11 is 0. The standard InChI is InChI=1S/C17H33N3O3/c1-17(2,3)23-16(21)20-10-8-19(9-11-20)7-6-18-14-15-4-12-22-13-5-15/h15,18H,4-14H2,1-3H3. The molecule has 0 saturated carbocycles. The number of hydrogen-bond acceptors (Lipinski definition) is 5. The van der Waals surface area contributed by atoms with Crippen molar-refractivity contribution in [2.45, 2.75) is 39.2 Å². The topological polar surface area (TPSA) is 54.0 Å². The number of carbonyl (C=O) groups is 1. The minimum Gasteiger partial charge on any atom is -0.444 e. The fraction of sp³-hybridized carbons (Fsp3) is 0.941. The summed E-state index contributed by atoms with van der Waals surface area (Å²) in [6.45, 7) is 14.1. The first-order chi connectivity index (χ1) is 10.9. The van der Waals surface area contributed by atoms with Crippen molar-refractivity contribution in [1.82, 2.24) is 15.1 Å². The molecule has 0 unspecified atom stereocenters. The fourth-order valence-electron chi connectivity index (χ4n) is 2.97. The van der Waals surface area contributed by atoms with Gasteiger partial charge < -0.3 is 19.7 Å². The Morgan fingerprint density at radius 2 is 1.83 bits per heavy atom. The molecule has 1 N–H and O–H groups in total. The lowest BCUT2D eigenvalue weighted by atomic mass is 10.0. The summed E-state index contributed by atoms with van der Waals surface area (Å²) in [7, 11) is 0. The lowest BCUT2D eigenvalue weighted by Gasteiger charge is -2.35. The molecule has 2 saturated heterocycles. The van der Waals surface area contributed by atoms with Crippen LogP contribution in [0.3, 0.4) is 0 Å². The minimum atomic E-state index is -0.414. The number of carbonyl (C=O) groups excluding carboxylic acids is 1. The molecule has 6 nitrogen and oxygen atoms in total. The van der Waals surface area contributed by atoms with Crippen LogP contribution in [0.2, 0.25) is 0 Å². The van der Waals surface area contributed by atoms with E-state index < -0.39 is 5.60 Å². The van der Waals surface area contributed by atoms with Crippen molar-refractivity contribution in [3.05, 3.63) is 0 Å². The van der Waals surface area contributed by atoms with E-state index in [1.165, 1.54) is 12.8 Å². The van der Waals surface area contributed by atoms with E-state index in [2.05, 4.69) is 10.2 Å². The molecule has 6 heteroatoms. The number of ether oxygens (including phenoxy) is 2. The lowest BCUT2D eigenvalue weighted by Crippen LogP contribution is -2.51. The minimum absolute atomic E-state index is 0.185. The molecular formula is C17H33N3O3. The molecular weight excluding hydrogens is 294 g/mol. The van der Waals surface area contributed by atoms with E-state index in [0.29, 0.717) is 0 Å². The zero-order valence-corrected chi connectivity index (χ0v) is 15.0. The largest absolute Gasteiger partial charge is 0.444 e. The Morgan fingerprint density at radius 3 is 2.43 bits per heavy atom. The molecule has 2 rings (SSSR count). The molecule has 2 heterocycles. The van der Waals surface area contributed by atoms with Gasteiger partial charge in [-0.15, -0.1) is 0 Å². The predicted octanol–water partition coefficient (Wildman–Crippen LogP) is 1.56. The first-order valence-electron chi connectivity index (χ1n) is 8.93. The monoisotopic (exact) mass is 327 g/mol. The summed E-state index contributed by atoms with van der Waals surface area (Å²) in [4.78, 5) is 16.2. The Labute approximate surface area is 140 Å². The van der Waals surface area contributed by atoms with Gasteiger partial charge in [0.2, 0.25) is 0 Å². The maximum atomic E-state index is 12.0. The number of nitrogens with one attached hydrogen (secondary N) is 1. The second-order valence-electron chi connectivity index (χ2n) is 7.57. The molecule has 0 spiro atoms. The second-order valence-corrected chi connectivity index (χ2v) is 7.57. The average molecular weight is 327 g/mol. The van der Waals surface area contributed by atoms with Crippen molar-refractivity contribution in [3.63, 3.8) is 0 Å². The Balaban J connectivity index is 1.55. The second kappa shape index (κ2) is 8.85. The van der Waals surface area contributed by atoms with E-state index in [1.807, 2.05) is 25.7 Å². The summed E-state index contributed by atoms with van der Waals surface area (Å²) in [6, 6.07) is 0. The first kappa shape index (κ1) is 18.5. The number of rotatable bonds is 5. The highest BCUT2D eigenvalue weighted by molar-refractivity contribution is 5.68. The third-order valence-corrected chi connectivity index (χ3v) is 4.40. The van der Waals surface area contributed by atoms with Gasteiger partial charge in [0.05, 0.1) is 0 Å². The quantitative estimate of drug-likeness (QED) is 0.777. The highest BCUT2D eigenvalue weighted by Gasteiger charge is 2.25. The van der Waals surface area contributed by atoms with E-state index in [9.17, 15) is 4.79 Å². The Kier molecular flexibility index (Phi) is 7.11. The predicted molar refractivity (Wildman–Crippen MR) is 90.7 cm³/mol. The van der Waals surface area contributed by atoms with Crippen LogP contribution < -0.4 is 5.32 Å². The van der Waals surface area contributed by atoms with Crippen LogP contribution in [0.25, 0.3) is 0 Å². The maximum Gasteiger partial charge on any atom is 0.410 e. The average Bonchev–Trinajstić information content (AvgIpc) is 2.51. The van der Waals surface area contributed by atoms with Gasteiger partial charge in [-0.1, -0.05) is 0 Å². The molecule has 2 aliphatic rings. The van der Waals surface area contributed by atoms with Crippen molar-refractivity contribution >= 4 is 6.09 Å². The molecule has 0 atom stereocenters. The summed E-state index contributed by atoms with van der Waals surface area (Å²) in [5, 5.41) is 3.56. The molecule has 0 aromatic carbocycles. The van der Waals surface area contributed by atoms with E-state index >= 15 is 0 Å². The molecule has 0 bridgehead atoms. The van der Waals surface area contributed by atoms with Gasteiger partial charge >= 0.3 is 6.09 Å². The van der Waals surface area contributed by atoms with Crippen LogP contribution in [-0.2, 0) is 9.47 Å². The van der Waals surface area contributed by atoms with Crippen LogP contribution >= 0.6 is 0 Å². The highest BCUT2D eigenvalue weighted by Crippen LogP contribution is 2.13. The number of piperazine rings is 1. The molecule has 0 aromatic rings. The zero-order chi connectivity index (χ0) is 16.7. The number of nitrogens with zero attached hydrogens (tertiary/aromatic N) is 2. The van der Waals surface area contributed by atoms with Crippen molar-refractivity contribution in [2.75, 3.05) is 59.0 Å². The van der Waals surface area contributed by atoms with Gasteiger partial charge in [-0.25, -0.2) is 4.79 Å². The summed E-state index contributed by atoms with van der Waals surface area (Å²) in [5.74, 6) is 0.771. The van der Waals surface area contributed by atoms with Crippen LogP contribution in [0.15, 0.2) is 0 Å². The smallest absolute Gasteiger partial charge is 0.410 e. The SMILES string of the molecule is CC(C)(C)OC(=O)N1CCN(CCNCC2CCOCC2)CC1. The summed E-state index contributed by atoms with van der Waals surface area (Å²) in [6.07, 6.45) is 2.18. The molecule has 2 aliphatic heterocycles. The molecule has 0 aromatic heterocycles. The molecule has 1 amide bonds. The maximum absolute atomic E-state index is 12.0. The van der Waals surface area contributed by atoms with Crippen molar-refractivity contribution in [2.24, 2.45) is 5.92 Å². The Morgan fingerprint density at radius 1 is 1.17 bits per heavy atom. The van der Waals surface area contributed by atoms with Crippen LogP contribution in [0.1, 0.15) is 33.6 Å². The number of hydrogen-bond donors (Lipinski definition) is 1. The summed E-state index contributed by atoms with van der Waals surface area (Å²) < 4.78 is 10.8. The Hall–Kier alpha value is -0.850. The third-order valence-electron chi connectivity index (χ3n) is 4.40. The molecule has 0 radical (unpaired) electrons. The highest BCUT2D eigenvalue weighted by atomic mass is 16.6. The molecule has 23 heavy (non-hydrogen) atoms. The number of amides is 1. The van der Waals surface area contributed by atoms with E-state index in [1.54, 1.807) is 0 Å². The van der Waals surface area contributed by atoms with Crippen molar-refractivity contribution in [3.8, 4) is 0 Å². The van der Waals surface area contributed by atoms with Crippen LogP contribution in [0.5, 0.6) is 0 Å². The van der Waals surface area contributed by atoms with Crippen molar-refractivity contribution < 1.29 is 14.3 Å². The first-order valence-corrected chi connectivity index (χ1v) is 8.93. The fourth-order valence-corrected chi connectivity index (χ4v) is 2.97. The normalized spacial score (nSPS) is 21.4. The van der Waals surface area contributed by atoms with Crippen LogP contribution in [0, 0.1) is 5.92 Å². The van der Waals surface area contributed by atoms with E-state index in [0.717, 1.165) is 64.9 Å². The van der Waals surface area contributed by atoms with Gasteiger partial charge in [0, 0.05) is 52.5 Å². The lowest BCUT2D eigenvalue weighted by molar-refractivity contribution is 0.0145. The zero-order valence-electron chi connectivity index (χ0n) is 15.0. The van der Waals surface area contributed by atoms with Gasteiger partial charge in [-0.05, 0) is 46.1 Å². The molecule has 134 valence electrons. The van der Waals surface area contributed by atoms with Gasteiger partial charge in [-0.3, -0.25) is 4.90 Å². The van der Waals surface area contributed by atoms with Crippen LogP contribution in [0.4, 0.5) is 4.79 Å². The van der Waals surface area contributed by atoms with Gasteiger partial charge in [0.1, 0.15) is 5.60 Å². The Bertz CT molecular complexity index is 357. The van der Waals surface area contributed by atoms with Gasteiger partial charge in [0.25, 0.3) is 0 Å². The summed E-state index contributed by atoms with van der Waals surface area (Å²) in [5.41, 5.74) is -0.414. The molecule has 0 aliphatic carbocycles. The van der Waals surface area contributed by atoms with Gasteiger partial charge in [-0.2, -0.15) is 0 Å². The third kappa shape index (κ3) is 7.06. The van der Waals surface area contributed by atoms with Gasteiger partial charge in [0.15, 0.2) is 0 Å². The molecule has 2 fully saturated rings. The van der Waals surface area contributed by atoms with E-state index in [-0.39, 0.29) is 6.09 Å².